The molecule has 0 unspecified atom stereocenters. The molecule has 26 heavy (non-hydrogen) atoms. The third-order valence-corrected chi connectivity index (χ3v) is 4.09. The summed E-state index contributed by atoms with van der Waals surface area (Å²) in [7, 11) is 0. The zero-order chi connectivity index (χ0) is 18.7. The number of hydrazone groups is 1. The third-order valence-electron chi connectivity index (χ3n) is 4.09. The smallest absolute Gasteiger partial charge is 0.400 e. The van der Waals surface area contributed by atoms with Crippen molar-refractivity contribution in [3.8, 4) is 0 Å². The maximum absolute atomic E-state index is 12.6. The minimum atomic E-state index is -1.07. The summed E-state index contributed by atoms with van der Waals surface area (Å²) in [5.74, 6) is -0.873. The summed E-state index contributed by atoms with van der Waals surface area (Å²) in [5, 5.41) is 17.8. The first kappa shape index (κ1) is 17.3. The highest BCUT2D eigenvalue weighted by Crippen LogP contribution is 2.24. The van der Waals surface area contributed by atoms with Crippen LogP contribution in [0.25, 0.3) is 0 Å². The lowest BCUT2D eigenvalue weighted by Crippen LogP contribution is -2.44. The lowest BCUT2D eigenvalue weighted by molar-refractivity contribution is -0.402. The lowest BCUT2D eigenvalue weighted by Gasteiger charge is -2.20. The van der Waals surface area contributed by atoms with Gasteiger partial charge in [0.15, 0.2) is 5.76 Å². The zero-order valence-corrected chi connectivity index (χ0v) is 13.9. The van der Waals surface area contributed by atoms with Crippen molar-refractivity contribution >= 4 is 24.0 Å². The molecule has 9 heteroatoms. The molecule has 1 saturated heterocycles. The van der Waals surface area contributed by atoms with Gasteiger partial charge in [-0.15, -0.1) is 5.01 Å². The molecular formula is C17H16N4O5. The van der Waals surface area contributed by atoms with Gasteiger partial charge < -0.3 is 9.73 Å². The van der Waals surface area contributed by atoms with Crippen LogP contribution in [0.15, 0.2) is 52.0 Å². The van der Waals surface area contributed by atoms with Crippen LogP contribution in [0, 0.1) is 10.1 Å². The van der Waals surface area contributed by atoms with Crippen LogP contribution in [-0.2, 0) is 11.2 Å². The summed E-state index contributed by atoms with van der Waals surface area (Å²) >= 11 is 0. The van der Waals surface area contributed by atoms with E-state index in [4.69, 9.17) is 4.42 Å². The SMILES string of the molecule is C[C@@]1(CCc2ccccc2)NC(=O)N(/N=C\c2ccc([N+](=O)[O-])o2)C1=O. The first-order valence-electron chi connectivity index (χ1n) is 7.88. The highest BCUT2D eigenvalue weighted by Gasteiger charge is 2.47. The monoisotopic (exact) mass is 356 g/mol. The largest absolute Gasteiger partial charge is 0.433 e. The first-order chi connectivity index (χ1) is 12.4. The van der Waals surface area contributed by atoms with Crippen molar-refractivity contribution in [1.29, 1.82) is 0 Å². The average Bonchev–Trinajstić information content (AvgIpc) is 3.17. The van der Waals surface area contributed by atoms with Gasteiger partial charge in [0.1, 0.15) is 10.5 Å². The van der Waals surface area contributed by atoms with Gasteiger partial charge in [-0.2, -0.15) is 5.10 Å². The summed E-state index contributed by atoms with van der Waals surface area (Å²) in [6.07, 6.45) is 2.12. The van der Waals surface area contributed by atoms with E-state index in [2.05, 4.69) is 10.4 Å². The molecule has 0 bridgehead atoms. The highest BCUT2D eigenvalue weighted by atomic mass is 16.6. The standard InChI is InChI=1S/C17H16N4O5/c1-17(10-9-12-5-3-2-4-6-12)15(22)20(16(23)19-17)18-11-13-7-8-14(26-13)21(24)25/h2-8,11H,9-10H2,1H3,(H,19,23)/b18-11-/t17-/m0/s1. The second kappa shape index (κ2) is 6.79. The first-order valence-corrected chi connectivity index (χ1v) is 7.88. The number of hydrogen-bond donors (Lipinski definition) is 1. The van der Waals surface area contributed by atoms with Crippen molar-refractivity contribution in [2.45, 2.75) is 25.3 Å². The molecule has 1 aliphatic heterocycles. The number of furan rings is 1. The van der Waals surface area contributed by atoms with E-state index in [0.717, 1.165) is 17.8 Å². The van der Waals surface area contributed by atoms with Gasteiger partial charge in [-0.3, -0.25) is 14.9 Å². The lowest BCUT2D eigenvalue weighted by atomic mass is 9.93. The van der Waals surface area contributed by atoms with Crippen LogP contribution < -0.4 is 5.32 Å². The molecule has 9 nitrogen and oxygen atoms in total. The van der Waals surface area contributed by atoms with Crippen molar-refractivity contribution in [1.82, 2.24) is 10.3 Å². The van der Waals surface area contributed by atoms with Gasteiger partial charge in [-0.1, -0.05) is 30.3 Å². The molecule has 0 aliphatic carbocycles. The van der Waals surface area contributed by atoms with Gasteiger partial charge >= 0.3 is 11.9 Å². The maximum atomic E-state index is 12.6. The van der Waals surface area contributed by atoms with Crippen molar-refractivity contribution in [2.24, 2.45) is 5.10 Å². The molecule has 1 fully saturated rings. The number of carbonyl (C=O) groups excluding carboxylic acids is 2. The summed E-state index contributed by atoms with van der Waals surface area (Å²) in [6, 6.07) is 11.5. The van der Waals surface area contributed by atoms with Crippen LogP contribution >= 0.6 is 0 Å². The fourth-order valence-electron chi connectivity index (χ4n) is 2.61. The normalized spacial score (nSPS) is 20.0. The Morgan fingerprint density at radius 2 is 2.00 bits per heavy atom. The Kier molecular flexibility index (Phi) is 4.53. The Hall–Kier alpha value is -3.49. The fraction of sp³-hybridized carbons (Fsp3) is 0.235. The molecule has 2 heterocycles. The van der Waals surface area contributed by atoms with Crippen molar-refractivity contribution in [2.75, 3.05) is 0 Å². The number of aryl methyl sites for hydroxylation is 1. The predicted molar refractivity (Wildman–Crippen MR) is 91.5 cm³/mol. The van der Waals surface area contributed by atoms with E-state index < -0.39 is 28.3 Å². The molecule has 0 spiro atoms. The number of urea groups is 1. The highest BCUT2D eigenvalue weighted by molar-refractivity contribution is 6.07. The van der Waals surface area contributed by atoms with Gasteiger partial charge in [0.25, 0.3) is 5.91 Å². The number of amides is 3. The van der Waals surface area contributed by atoms with Crippen molar-refractivity contribution < 1.29 is 18.9 Å². The topological polar surface area (TPSA) is 118 Å². The van der Waals surface area contributed by atoms with E-state index >= 15 is 0 Å². The molecule has 1 N–H and O–H groups in total. The number of carbonyl (C=O) groups is 2. The number of hydrogen-bond acceptors (Lipinski definition) is 6. The summed E-state index contributed by atoms with van der Waals surface area (Å²) in [6.45, 7) is 1.64. The Labute approximate surface area is 148 Å². The molecule has 1 atom stereocenters. The van der Waals surface area contributed by atoms with Gasteiger partial charge in [-0.25, -0.2) is 4.79 Å². The predicted octanol–water partition coefficient (Wildman–Crippen LogP) is 2.47. The number of benzene rings is 1. The summed E-state index contributed by atoms with van der Waals surface area (Å²) < 4.78 is 4.91. The van der Waals surface area contributed by atoms with E-state index in [9.17, 15) is 19.7 Å². The third kappa shape index (κ3) is 3.46. The zero-order valence-electron chi connectivity index (χ0n) is 13.9. The van der Waals surface area contributed by atoms with Crippen LogP contribution in [-0.4, -0.2) is 33.6 Å². The number of nitro groups is 1. The molecule has 134 valence electrons. The van der Waals surface area contributed by atoms with E-state index in [-0.39, 0.29) is 5.76 Å². The molecule has 1 aromatic heterocycles. The van der Waals surface area contributed by atoms with E-state index in [1.165, 1.54) is 6.07 Å². The Morgan fingerprint density at radius 1 is 1.27 bits per heavy atom. The van der Waals surface area contributed by atoms with E-state index in [1.807, 2.05) is 30.3 Å². The second-order valence-corrected chi connectivity index (χ2v) is 6.04. The fourth-order valence-corrected chi connectivity index (χ4v) is 2.61. The second-order valence-electron chi connectivity index (χ2n) is 6.04. The number of rotatable bonds is 6. The van der Waals surface area contributed by atoms with Gasteiger partial charge in [0.05, 0.1) is 12.3 Å². The molecule has 0 radical (unpaired) electrons. The van der Waals surface area contributed by atoms with E-state index in [1.54, 1.807) is 6.92 Å². The van der Waals surface area contributed by atoms with Crippen LogP contribution in [0.3, 0.4) is 0 Å². The molecule has 1 aromatic carbocycles. The van der Waals surface area contributed by atoms with Crippen LogP contribution in [0.4, 0.5) is 10.7 Å². The van der Waals surface area contributed by atoms with Gasteiger partial charge in [0, 0.05) is 0 Å². The Balaban J connectivity index is 1.69. The van der Waals surface area contributed by atoms with Crippen molar-refractivity contribution in [3.63, 3.8) is 0 Å². The molecule has 1 aliphatic rings. The van der Waals surface area contributed by atoms with E-state index in [0.29, 0.717) is 17.9 Å². The molecular weight excluding hydrogens is 340 g/mol. The average molecular weight is 356 g/mol. The van der Waals surface area contributed by atoms with Crippen LogP contribution in [0.1, 0.15) is 24.7 Å². The van der Waals surface area contributed by atoms with Gasteiger partial charge in [-0.05, 0) is 31.4 Å². The quantitative estimate of drug-likeness (QED) is 0.369. The molecule has 2 aromatic rings. The molecule has 3 amide bonds. The number of imide groups is 1. The van der Waals surface area contributed by atoms with Crippen molar-refractivity contribution in [3.05, 3.63) is 63.9 Å². The minimum Gasteiger partial charge on any atom is -0.400 e. The minimum absolute atomic E-state index is 0.0650. The van der Waals surface area contributed by atoms with Crippen LogP contribution in [0.5, 0.6) is 0 Å². The van der Waals surface area contributed by atoms with Gasteiger partial charge in [0.2, 0.25) is 0 Å². The molecule has 3 rings (SSSR count). The molecule has 0 saturated carbocycles. The Morgan fingerprint density at radius 3 is 2.65 bits per heavy atom. The maximum Gasteiger partial charge on any atom is 0.433 e. The summed E-state index contributed by atoms with van der Waals surface area (Å²) in [4.78, 5) is 34.6. The number of nitrogens with one attached hydrogen (secondary N) is 1. The number of nitrogens with zero attached hydrogens (tertiary/aromatic N) is 3. The van der Waals surface area contributed by atoms with Crippen LogP contribution in [0.2, 0.25) is 0 Å². The summed E-state index contributed by atoms with van der Waals surface area (Å²) in [5.41, 5.74) is -0.0139. The Bertz CT molecular complexity index is 876.